The van der Waals surface area contributed by atoms with E-state index in [1.165, 1.54) is 13.2 Å². The molecule has 0 aromatic carbocycles. The van der Waals surface area contributed by atoms with Crippen molar-refractivity contribution in [1.82, 2.24) is 0 Å². The van der Waals surface area contributed by atoms with E-state index in [1.807, 2.05) is 6.92 Å². The number of fused-ring (bicyclic) bond motifs is 5. The maximum absolute atomic E-state index is 13.5. The summed E-state index contributed by atoms with van der Waals surface area (Å²) in [6, 6.07) is 0. The van der Waals surface area contributed by atoms with Crippen molar-refractivity contribution >= 4 is 29.7 Å². The Morgan fingerprint density at radius 3 is 2.09 bits per heavy atom. The van der Waals surface area contributed by atoms with Crippen molar-refractivity contribution in [2.24, 2.45) is 34.5 Å². The summed E-state index contributed by atoms with van der Waals surface area (Å²) in [5, 5.41) is 11.3. The average molecular weight is 663 g/mol. The van der Waals surface area contributed by atoms with Crippen molar-refractivity contribution in [3.05, 3.63) is 11.8 Å². The lowest BCUT2D eigenvalue weighted by Crippen LogP contribution is -2.62. The molecule has 12 nitrogen and oxygen atoms in total. The van der Waals surface area contributed by atoms with E-state index < -0.39 is 60.2 Å². The van der Waals surface area contributed by atoms with Gasteiger partial charge in [-0.05, 0) is 86.4 Å². The van der Waals surface area contributed by atoms with Crippen molar-refractivity contribution in [3.8, 4) is 0 Å². The topological polar surface area (TPSA) is 161 Å². The zero-order valence-corrected chi connectivity index (χ0v) is 28.6. The molecule has 47 heavy (non-hydrogen) atoms. The van der Waals surface area contributed by atoms with E-state index in [0.717, 1.165) is 59.3 Å². The summed E-state index contributed by atoms with van der Waals surface area (Å²) < 4.78 is 33.8. The van der Waals surface area contributed by atoms with Gasteiger partial charge in [-0.15, -0.1) is 0 Å². The number of ketones is 1. The summed E-state index contributed by atoms with van der Waals surface area (Å²) in [4.78, 5) is 61.6. The third-order valence-corrected chi connectivity index (χ3v) is 12.3. The first-order valence-corrected chi connectivity index (χ1v) is 16.9. The Hall–Kier alpha value is -2.99. The van der Waals surface area contributed by atoms with Gasteiger partial charge in [0.1, 0.15) is 12.7 Å². The van der Waals surface area contributed by atoms with Crippen LogP contribution in [0.4, 0.5) is 0 Å². The lowest BCUT2D eigenvalue weighted by Gasteiger charge is -2.61. The first-order valence-electron chi connectivity index (χ1n) is 16.9. The second-order valence-corrected chi connectivity index (χ2v) is 15.1. The summed E-state index contributed by atoms with van der Waals surface area (Å²) in [5.74, 6) is -1.29. The largest absolute Gasteiger partial charge is 0.468 e. The molecule has 1 aliphatic heterocycles. The molecule has 0 aromatic heterocycles. The monoisotopic (exact) mass is 662 g/mol. The molecular weight excluding hydrogens is 612 g/mol. The van der Waals surface area contributed by atoms with Crippen molar-refractivity contribution in [2.45, 2.75) is 136 Å². The van der Waals surface area contributed by atoms with E-state index in [9.17, 15) is 29.1 Å². The summed E-state index contributed by atoms with van der Waals surface area (Å²) in [6.07, 6.45) is 1.48. The molecule has 0 radical (unpaired) electrons. The third-order valence-electron chi connectivity index (χ3n) is 12.3. The number of hydrogen-bond donors (Lipinski definition) is 1. The third kappa shape index (κ3) is 6.69. The van der Waals surface area contributed by atoms with Gasteiger partial charge < -0.3 is 33.5 Å². The van der Waals surface area contributed by atoms with Crippen molar-refractivity contribution in [1.29, 1.82) is 0 Å². The molecule has 1 N–H and O–H groups in total. The van der Waals surface area contributed by atoms with E-state index >= 15 is 0 Å². The number of allylic oxidation sites excluding steroid dienone is 1. The van der Waals surface area contributed by atoms with Crippen molar-refractivity contribution in [2.75, 3.05) is 6.61 Å². The van der Waals surface area contributed by atoms with Crippen LogP contribution in [-0.4, -0.2) is 77.7 Å². The van der Waals surface area contributed by atoms with Gasteiger partial charge in [0.25, 0.3) is 0 Å². The number of aliphatic hydroxyl groups is 1. The van der Waals surface area contributed by atoms with E-state index in [4.69, 9.17) is 28.4 Å². The van der Waals surface area contributed by atoms with Crippen molar-refractivity contribution < 1.29 is 57.5 Å². The average Bonchev–Trinajstić information content (AvgIpc) is 3.21. The van der Waals surface area contributed by atoms with Gasteiger partial charge in [0, 0.05) is 39.7 Å². The van der Waals surface area contributed by atoms with Crippen LogP contribution in [0.2, 0.25) is 0 Å². The van der Waals surface area contributed by atoms with Crippen LogP contribution in [0, 0.1) is 34.5 Å². The summed E-state index contributed by atoms with van der Waals surface area (Å²) in [7, 11) is 0. The maximum Gasteiger partial charge on any atom is 0.303 e. The maximum atomic E-state index is 13.5. The molecule has 12 heteroatoms. The van der Waals surface area contributed by atoms with E-state index in [-0.39, 0.29) is 29.1 Å². The van der Waals surface area contributed by atoms with Crippen LogP contribution in [0.15, 0.2) is 11.8 Å². The normalized spacial score (nSPS) is 43.5. The van der Waals surface area contributed by atoms with Crippen LogP contribution in [-0.2, 0) is 52.4 Å². The van der Waals surface area contributed by atoms with Gasteiger partial charge in [-0.2, -0.15) is 0 Å². The molecule has 5 aliphatic rings. The molecular formula is C35H50O12. The Balaban J connectivity index is 1.42. The van der Waals surface area contributed by atoms with Crippen LogP contribution >= 0.6 is 0 Å². The van der Waals surface area contributed by atoms with Crippen LogP contribution in [0.1, 0.15) is 99.8 Å². The molecule has 1 saturated heterocycles. The predicted molar refractivity (Wildman–Crippen MR) is 164 cm³/mol. The Bertz CT molecular complexity index is 1310. The fraction of sp³-hybridized carbons (Fsp3) is 0.800. The number of carbonyl (C=O) groups is 5. The van der Waals surface area contributed by atoms with Gasteiger partial charge in [0.05, 0.1) is 11.9 Å². The Morgan fingerprint density at radius 1 is 0.830 bits per heavy atom. The van der Waals surface area contributed by atoms with Crippen LogP contribution in [0.5, 0.6) is 0 Å². The highest BCUT2D eigenvalue weighted by Crippen LogP contribution is 2.68. The molecule has 262 valence electrons. The van der Waals surface area contributed by atoms with Crippen LogP contribution in [0.25, 0.3) is 0 Å². The first-order chi connectivity index (χ1) is 22.0. The standard InChI is InChI=1S/C35H50O12/c1-18(36)42-17-28-29(44-19(2)37)30(45-20(3)38)31(46-21(4)39)32(47-28)43-16-22-15-33(5)23(14-27(22)40)8-9-24-25(33)10-12-34(6)26(24)11-13-35(34,7)41/h16,23-26,28-32,41H,8-15,17H2,1-7H3/b22-16-/t23-,24+,25-,26-,28+,29+,30-,31+,32+,33+,34-,35+/m1/s1. The van der Waals surface area contributed by atoms with E-state index in [2.05, 4.69) is 13.8 Å². The summed E-state index contributed by atoms with van der Waals surface area (Å²) in [5.41, 5.74) is -0.447. The Labute approximate surface area is 276 Å². The zero-order valence-electron chi connectivity index (χ0n) is 28.6. The minimum Gasteiger partial charge on any atom is -0.468 e. The number of carbonyl (C=O) groups excluding carboxylic acids is 5. The zero-order chi connectivity index (χ0) is 34.5. The fourth-order valence-corrected chi connectivity index (χ4v) is 9.81. The molecule has 0 aromatic rings. The van der Waals surface area contributed by atoms with Gasteiger partial charge in [0.15, 0.2) is 18.0 Å². The highest BCUT2D eigenvalue weighted by Gasteiger charge is 2.63. The SMILES string of the molecule is CC(=O)OC[C@@H]1O[C@H](O/C=C2/C[C@@]3(C)[C@H](CC[C@H]4[C@H]3CC[C@]3(C)[C@@H]4CC[C@]3(C)O)CC2=O)[C@@H](OC(C)=O)[C@H](OC(C)=O)[C@H]1OC(C)=O. The number of ether oxygens (including phenoxy) is 6. The summed E-state index contributed by atoms with van der Waals surface area (Å²) in [6.45, 7) is 10.8. The molecule has 5 fully saturated rings. The van der Waals surface area contributed by atoms with Gasteiger partial charge in [-0.1, -0.05) is 13.8 Å². The first kappa shape index (κ1) is 35.3. The summed E-state index contributed by atoms with van der Waals surface area (Å²) >= 11 is 0. The van der Waals surface area contributed by atoms with Crippen LogP contribution in [0.3, 0.4) is 0 Å². The van der Waals surface area contributed by atoms with E-state index in [0.29, 0.717) is 36.2 Å². The highest BCUT2D eigenvalue weighted by molar-refractivity contribution is 5.96. The van der Waals surface area contributed by atoms with Gasteiger partial charge in [0.2, 0.25) is 12.4 Å². The minimum atomic E-state index is -1.39. The second-order valence-electron chi connectivity index (χ2n) is 15.1. The molecule has 0 bridgehead atoms. The Morgan fingerprint density at radius 2 is 1.45 bits per heavy atom. The molecule has 4 aliphatic carbocycles. The number of Topliss-reactive ketones (excluding diaryl/α,β-unsaturated/α-hetero) is 1. The van der Waals surface area contributed by atoms with Crippen LogP contribution < -0.4 is 0 Å². The van der Waals surface area contributed by atoms with Crippen molar-refractivity contribution in [3.63, 3.8) is 0 Å². The molecule has 0 spiro atoms. The number of rotatable bonds is 7. The quantitative estimate of drug-likeness (QED) is 0.181. The highest BCUT2D eigenvalue weighted by atomic mass is 16.7. The smallest absolute Gasteiger partial charge is 0.303 e. The second kappa shape index (κ2) is 13.1. The molecule has 0 amide bonds. The predicted octanol–water partition coefficient (Wildman–Crippen LogP) is 3.94. The molecule has 12 atom stereocenters. The lowest BCUT2D eigenvalue weighted by atomic mass is 9.44. The van der Waals surface area contributed by atoms with Gasteiger partial charge >= 0.3 is 23.9 Å². The molecule has 0 unspecified atom stereocenters. The van der Waals surface area contributed by atoms with Gasteiger partial charge in [-0.3, -0.25) is 24.0 Å². The molecule has 5 rings (SSSR count). The lowest BCUT2D eigenvalue weighted by molar-refractivity contribution is -0.297. The Kier molecular flexibility index (Phi) is 9.87. The number of esters is 4. The number of hydrogen-bond acceptors (Lipinski definition) is 12. The van der Waals surface area contributed by atoms with E-state index in [1.54, 1.807) is 0 Å². The minimum absolute atomic E-state index is 0.0268. The fourth-order valence-electron chi connectivity index (χ4n) is 9.81. The van der Waals surface area contributed by atoms with Gasteiger partial charge in [-0.25, -0.2) is 0 Å². The molecule has 1 heterocycles. The molecule has 4 saturated carbocycles.